The van der Waals surface area contributed by atoms with Crippen LogP contribution >= 0.6 is 0 Å². The van der Waals surface area contributed by atoms with Crippen molar-refractivity contribution in [1.82, 2.24) is 0 Å². The Balaban J connectivity index is 1.98. The fourth-order valence-electron chi connectivity index (χ4n) is 2.19. The van der Waals surface area contributed by atoms with Gasteiger partial charge in [-0.05, 0) is 31.2 Å². The Labute approximate surface area is 122 Å². The number of hydrogen-bond donors (Lipinski definition) is 1. The summed E-state index contributed by atoms with van der Waals surface area (Å²) in [7, 11) is 0. The maximum Gasteiger partial charge on any atom is 0.280 e. The van der Waals surface area contributed by atoms with Gasteiger partial charge in [-0.15, -0.1) is 0 Å². The Kier molecular flexibility index (Phi) is 3.28. The van der Waals surface area contributed by atoms with Crippen LogP contribution in [0.1, 0.15) is 12.5 Å². The molecule has 0 atom stereocenters. The monoisotopic (exact) mass is 278 g/mol. The van der Waals surface area contributed by atoms with E-state index in [0.29, 0.717) is 16.8 Å². The predicted molar refractivity (Wildman–Crippen MR) is 83.1 cm³/mol. The summed E-state index contributed by atoms with van der Waals surface area (Å²) >= 11 is 0. The van der Waals surface area contributed by atoms with E-state index in [4.69, 9.17) is 0 Å². The molecule has 0 aromatic heterocycles. The minimum absolute atomic E-state index is 0.142. The smallest absolute Gasteiger partial charge is 0.280 e. The Morgan fingerprint density at radius 1 is 1.05 bits per heavy atom. The van der Waals surface area contributed by atoms with E-state index >= 15 is 0 Å². The number of rotatable bonds is 2. The van der Waals surface area contributed by atoms with E-state index in [1.165, 1.54) is 5.01 Å². The maximum absolute atomic E-state index is 12.5. The highest BCUT2D eigenvalue weighted by Gasteiger charge is 2.28. The van der Waals surface area contributed by atoms with Gasteiger partial charge in [-0.2, -0.15) is 10.1 Å². The van der Waals surface area contributed by atoms with Crippen LogP contribution in [0.25, 0.3) is 6.08 Å². The molecule has 1 aliphatic heterocycles. The number of nitrogens with zero attached hydrogens (tertiary/aromatic N) is 2. The van der Waals surface area contributed by atoms with E-state index in [0.717, 1.165) is 5.69 Å². The molecule has 1 amide bonds. The maximum atomic E-state index is 12.5. The first-order chi connectivity index (χ1) is 10.2. The number of para-hydroxylation sites is 2. The van der Waals surface area contributed by atoms with Gasteiger partial charge in [-0.1, -0.05) is 36.4 Å². The first-order valence-electron chi connectivity index (χ1n) is 6.61. The molecule has 1 N–H and O–H groups in total. The van der Waals surface area contributed by atoms with Gasteiger partial charge in [0.1, 0.15) is 5.75 Å². The highest BCUT2D eigenvalue weighted by molar-refractivity contribution is 6.32. The van der Waals surface area contributed by atoms with Gasteiger partial charge in [0.05, 0.1) is 17.0 Å². The zero-order valence-corrected chi connectivity index (χ0v) is 11.5. The molecule has 0 unspecified atom stereocenters. The van der Waals surface area contributed by atoms with Crippen LogP contribution in [-0.4, -0.2) is 16.7 Å². The molecule has 0 radical (unpaired) electrons. The van der Waals surface area contributed by atoms with Gasteiger partial charge >= 0.3 is 0 Å². The predicted octanol–water partition coefficient (Wildman–Crippen LogP) is 3.20. The minimum atomic E-state index is -0.193. The van der Waals surface area contributed by atoms with E-state index in [9.17, 15) is 9.90 Å². The largest absolute Gasteiger partial charge is 0.507 e. The summed E-state index contributed by atoms with van der Waals surface area (Å²) in [6.45, 7) is 1.78. The number of carbonyl (C=O) groups is 1. The molecule has 0 saturated heterocycles. The van der Waals surface area contributed by atoms with Crippen molar-refractivity contribution in [2.75, 3.05) is 5.01 Å². The van der Waals surface area contributed by atoms with E-state index in [-0.39, 0.29) is 11.7 Å². The van der Waals surface area contributed by atoms with Crippen LogP contribution in [0.5, 0.6) is 5.75 Å². The van der Waals surface area contributed by atoms with Crippen molar-refractivity contribution >= 4 is 23.4 Å². The van der Waals surface area contributed by atoms with Gasteiger partial charge in [0, 0.05) is 5.56 Å². The van der Waals surface area contributed by atoms with Gasteiger partial charge < -0.3 is 5.11 Å². The molecule has 0 fully saturated rings. The Bertz CT molecular complexity index is 748. The summed E-state index contributed by atoms with van der Waals surface area (Å²) < 4.78 is 0. The lowest BCUT2D eigenvalue weighted by molar-refractivity contribution is -0.114. The number of amides is 1. The molecule has 1 heterocycles. The highest BCUT2D eigenvalue weighted by atomic mass is 16.3. The highest BCUT2D eigenvalue weighted by Crippen LogP contribution is 2.26. The van der Waals surface area contributed by atoms with E-state index in [2.05, 4.69) is 5.10 Å². The average Bonchev–Trinajstić information content (AvgIpc) is 2.78. The number of anilines is 1. The Morgan fingerprint density at radius 3 is 2.43 bits per heavy atom. The molecule has 4 heteroatoms. The van der Waals surface area contributed by atoms with Crippen LogP contribution in [-0.2, 0) is 4.79 Å². The number of hydrazone groups is 1. The SMILES string of the molecule is CC1=NN(c2ccccc2)C(=O)/C1=C\c1ccccc1O. The Hall–Kier alpha value is -2.88. The topological polar surface area (TPSA) is 52.9 Å². The van der Waals surface area contributed by atoms with Crippen molar-refractivity contribution in [2.45, 2.75) is 6.92 Å². The van der Waals surface area contributed by atoms with Crippen LogP contribution < -0.4 is 5.01 Å². The third-order valence-corrected chi connectivity index (χ3v) is 3.30. The van der Waals surface area contributed by atoms with Crippen molar-refractivity contribution in [3.63, 3.8) is 0 Å². The molecule has 2 aromatic rings. The molecule has 21 heavy (non-hydrogen) atoms. The summed E-state index contributed by atoms with van der Waals surface area (Å²) in [4.78, 5) is 12.5. The van der Waals surface area contributed by atoms with Crippen molar-refractivity contribution in [1.29, 1.82) is 0 Å². The third-order valence-electron chi connectivity index (χ3n) is 3.30. The molecule has 2 aromatic carbocycles. The van der Waals surface area contributed by atoms with Gasteiger partial charge in [0.2, 0.25) is 0 Å². The molecular formula is C17H14N2O2. The summed E-state index contributed by atoms with van der Waals surface area (Å²) in [5.41, 5.74) is 2.44. The quantitative estimate of drug-likeness (QED) is 0.858. The van der Waals surface area contributed by atoms with Gasteiger partial charge in [-0.25, -0.2) is 0 Å². The summed E-state index contributed by atoms with van der Waals surface area (Å²) in [5.74, 6) is -0.0503. The van der Waals surface area contributed by atoms with E-state index in [1.54, 1.807) is 31.2 Å². The summed E-state index contributed by atoms with van der Waals surface area (Å²) in [6.07, 6.45) is 1.67. The van der Waals surface area contributed by atoms with Gasteiger partial charge in [0.25, 0.3) is 5.91 Å². The third kappa shape index (κ3) is 2.43. The van der Waals surface area contributed by atoms with Crippen LogP contribution in [0, 0.1) is 0 Å². The molecule has 104 valence electrons. The second-order valence-corrected chi connectivity index (χ2v) is 4.75. The van der Waals surface area contributed by atoms with Crippen LogP contribution in [0.15, 0.2) is 65.3 Å². The van der Waals surface area contributed by atoms with E-state index < -0.39 is 0 Å². The van der Waals surface area contributed by atoms with E-state index in [1.807, 2.05) is 36.4 Å². The zero-order valence-electron chi connectivity index (χ0n) is 11.5. The first-order valence-corrected chi connectivity index (χ1v) is 6.61. The van der Waals surface area contributed by atoms with Crippen LogP contribution in [0.4, 0.5) is 5.69 Å². The number of carbonyl (C=O) groups excluding carboxylic acids is 1. The average molecular weight is 278 g/mol. The standard InChI is InChI=1S/C17H14N2O2/c1-12-15(11-13-7-5-6-10-16(13)20)17(21)19(18-12)14-8-3-2-4-9-14/h2-11,20H,1H3/b15-11-. The van der Waals surface area contributed by atoms with Crippen LogP contribution in [0.3, 0.4) is 0 Å². The Morgan fingerprint density at radius 2 is 1.71 bits per heavy atom. The number of benzene rings is 2. The number of phenols is 1. The summed E-state index contributed by atoms with van der Waals surface area (Å²) in [6, 6.07) is 16.2. The minimum Gasteiger partial charge on any atom is -0.507 e. The molecule has 0 saturated carbocycles. The molecule has 1 aliphatic rings. The number of aromatic hydroxyl groups is 1. The molecule has 0 bridgehead atoms. The van der Waals surface area contributed by atoms with Crippen molar-refractivity contribution in [2.24, 2.45) is 5.10 Å². The first kappa shape index (κ1) is 13.1. The number of hydrogen-bond acceptors (Lipinski definition) is 3. The fourth-order valence-corrected chi connectivity index (χ4v) is 2.19. The molecule has 4 nitrogen and oxygen atoms in total. The zero-order chi connectivity index (χ0) is 14.8. The lowest BCUT2D eigenvalue weighted by Crippen LogP contribution is -2.21. The van der Waals surface area contributed by atoms with Gasteiger partial charge in [0.15, 0.2) is 0 Å². The van der Waals surface area contributed by atoms with Crippen molar-refractivity contribution in [3.8, 4) is 5.75 Å². The lowest BCUT2D eigenvalue weighted by Gasteiger charge is -2.11. The second kappa shape index (κ2) is 5.25. The molecule has 0 aliphatic carbocycles. The molecule has 3 rings (SSSR count). The van der Waals surface area contributed by atoms with Crippen molar-refractivity contribution in [3.05, 3.63) is 65.7 Å². The van der Waals surface area contributed by atoms with Gasteiger partial charge in [-0.3, -0.25) is 4.79 Å². The molecule has 0 spiro atoms. The second-order valence-electron chi connectivity index (χ2n) is 4.75. The fraction of sp³-hybridized carbons (Fsp3) is 0.0588. The normalized spacial score (nSPS) is 16.4. The summed E-state index contributed by atoms with van der Waals surface area (Å²) in [5, 5.41) is 15.5. The molecular weight excluding hydrogens is 264 g/mol. The van der Waals surface area contributed by atoms with Crippen molar-refractivity contribution < 1.29 is 9.90 Å². The number of phenolic OH excluding ortho intramolecular Hbond substituents is 1. The van der Waals surface area contributed by atoms with Crippen LogP contribution in [0.2, 0.25) is 0 Å². The lowest BCUT2D eigenvalue weighted by atomic mass is 10.1.